The molecule has 1 amide bonds. The number of sulfonamides is 1. The number of hydrogen-bond donors (Lipinski definition) is 2. The number of carbonyl (C=O) groups is 1. The lowest BCUT2D eigenvalue weighted by Crippen LogP contribution is -2.19. The van der Waals surface area contributed by atoms with E-state index in [1.807, 2.05) is 0 Å². The highest BCUT2D eigenvalue weighted by molar-refractivity contribution is 7.89. The molecule has 2 rings (SSSR count). The second-order valence-electron chi connectivity index (χ2n) is 4.25. The van der Waals surface area contributed by atoms with Crippen molar-refractivity contribution in [3.63, 3.8) is 0 Å². The fraction of sp³-hybridized carbons (Fsp3) is 0.154. The van der Waals surface area contributed by atoms with E-state index in [1.54, 1.807) is 6.92 Å². The van der Waals surface area contributed by atoms with Crippen molar-refractivity contribution in [1.82, 2.24) is 0 Å². The number of rotatable bonds is 4. The Kier molecular flexibility index (Phi) is 4.10. The number of aryl methyl sites for hydroxylation is 1. The third-order valence-electron chi connectivity index (χ3n) is 2.81. The van der Waals surface area contributed by atoms with Gasteiger partial charge in [-0.25, -0.2) is 17.9 Å². The number of furan rings is 1. The molecule has 0 aliphatic heterocycles. The van der Waals surface area contributed by atoms with Crippen LogP contribution in [0, 0.1) is 5.82 Å². The predicted molar refractivity (Wildman–Crippen MR) is 73.8 cm³/mol. The van der Waals surface area contributed by atoms with Gasteiger partial charge in [0.2, 0.25) is 10.0 Å². The Balaban J connectivity index is 2.40. The van der Waals surface area contributed by atoms with Gasteiger partial charge >= 0.3 is 0 Å². The SMILES string of the molecule is CCc1occc1C(=O)Nc1cc(F)ccc1S(N)(=O)=O. The van der Waals surface area contributed by atoms with Crippen molar-refractivity contribution in [2.75, 3.05) is 5.32 Å². The Morgan fingerprint density at radius 2 is 2.10 bits per heavy atom. The van der Waals surface area contributed by atoms with Gasteiger partial charge in [0, 0.05) is 6.42 Å². The fourth-order valence-corrected chi connectivity index (χ4v) is 2.53. The Morgan fingerprint density at radius 1 is 1.38 bits per heavy atom. The summed E-state index contributed by atoms with van der Waals surface area (Å²) in [7, 11) is -4.09. The van der Waals surface area contributed by atoms with Crippen molar-refractivity contribution >= 4 is 21.6 Å². The molecule has 21 heavy (non-hydrogen) atoms. The number of anilines is 1. The summed E-state index contributed by atoms with van der Waals surface area (Å²) < 4.78 is 41.3. The van der Waals surface area contributed by atoms with E-state index in [0.29, 0.717) is 12.2 Å². The minimum absolute atomic E-state index is 0.217. The van der Waals surface area contributed by atoms with E-state index in [1.165, 1.54) is 12.3 Å². The molecule has 0 aliphatic rings. The van der Waals surface area contributed by atoms with Crippen LogP contribution in [0.4, 0.5) is 10.1 Å². The molecule has 0 saturated carbocycles. The fourth-order valence-electron chi connectivity index (χ4n) is 1.85. The minimum Gasteiger partial charge on any atom is -0.469 e. The highest BCUT2D eigenvalue weighted by Crippen LogP contribution is 2.23. The summed E-state index contributed by atoms with van der Waals surface area (Å²) in [6.45, 7) is 1.80. The van der Waals surface area contributed by atoms with E-state index >= 15 is 0 Å². The zero-order chi connectivity index (χ0) is 15.6. The predicted octanol–water partition coefficient (Wildman–Crippen LogP) is 1.88. The van der Waals surface area contributed by atoms with E-state index in [0.717, 1.165) is 18.2 Å². The van der Waals surface area contributed by atoms with E-state index in [2.05, 4.69) is 5.32 Å². The molecule has 0 bridgehead atoms. The van der Waals surface area contributed by atoms with Gasteiger partial charge in [-0.15, -0.1) is 0 Å². The maximum atomic E-state index is 13.3. The number of nitrogens with two attached hydrogens (primary N) is 1. The first-order valence-electron chi connectivity index (χ1n) is 6.03. The average Bonchev–Trinajstić information content (AvgIpc) is 2.85. The zero-order valence-electron chi connectivity index (χ0n) is 11.1. The van der Waals surface area contributed by atoms with Crippen LogP contribution < -0.4 is 10.5 Å². The lowest BCUT2D eigenvalue weighted by Gasteiger charge is -2.09. The lowest BCUT2D eigenvalue weighted by atomic mass is 10.2. The third-order valence-corrected chi connectivity index (χ3v) is 3.78. The van der Waals surface area contributed by atoms with E-state index < -0.39 is 21.7 Å². The van der Waals surface area contributed by atoms with Gasteiger partial charge < -0.3 is 9.73 Å². The van der Waals surface area contributed by atoms with Crippen LogP contribution in [0.1, 0.15) is 23.0 Å². The van der Waals surface area contributed by atoms with Gasteiger partial charge in [0.25, 0.3) is 5.91 Å². The summed E-state index contributed by atoms with van der Waals surface area (Å²) in [5.74, 6) is -0.849. The summed E-state index contributed by atoms with van der Waals surface area (Å²) in [6, 6.07) is 4.29. The third kappa shape index (κ3) is 3.29. The van der Waals surface area contributed by atoms with Gasteiger partial charge in [0.05, 0.1) is 17.5 Å². The van der Waals surface area contributed by atoms with Crippen LogP contribution in [-0.4, -0.2) is 14.3 Å². The number of primary sulfonamides is 1. The van der Waals surface area contributed by atoms with Crippen molar-refractivity contribution in [3.05, 3.63) is 47.7 Å². The van der Waals surface area contributed by atoms with E-state index in [9.17, 15) is 17.6 Å². The molecule has 1 aromatic heterocycles. The molecular weight excluding hydrogens is 299 g/mol. The highest BCUT2D eigenvalue weighted by atomic mass is 32.2. The topological polar surface area (TPSA) is 102 Å². The van der Waals surface area contributed by atoms with Crippen LogP contribution in [0.2, 0.25) is 0 Å². The van der Waals surface area contributed by atoms with Crippen molar-refractivity contribution in [3.8, 4) is 0 Å². The Hall–Kier alpha value is -2.19. The standard InChI is InChI=1S/C13H13FN2O4S/c1-2-11-9(5-6-20-11)13(17)16-10-7-8(14)3-4-12(10)21(15,18)19/h3-7H,2H2,1H3,(H,16,17)(H2,15,18,19). The first-order valence-corrected chi connectivity index (χ1v) is 7.57. The number of benzene rings is 1. The van der Waals surface area contributed by atoms with E-state index in [-0.39, 0.29) is 16.1 Å². The molecule has 0 saturated heterocycles. The maximum Gasteiger partial charge on any atom is 0.259 e. The van der Waals surface area contributed by atoms with Crippen molar-refractivity contribution in [2.24, 2.45) is 5.14 Å². The van der Waals surface area contributed by atoms with Crippen molar-refractivity contribution in [2.45, 2.75) is 18.2 Å². The van der Waals surface area contributed by atoms with Gasteiger partial charge in [-0.1, -0.05) is 6.92 Å². The van der Waals surface area contributed by atoms with Crippen LogP contribution in [0.5, 0.6) is 0 Å². The molecule has 0 unspecified atom stereocenters. The second kappa shape index (κ2) is 5.66. The summed E-state index contributed by atoms with van der Waals surface area (Å²) >= 11 is 0. The normalized spacial score (nSPS) is 11.4. The quantitative estimate of drug-likeness (QED) is 0.899. The molecule has 0 aliphatic carbocycles. The Morgan fingerprint density at radius 3 is 2.71 bits per heavy atom. The molecule has 112 valence electrons. The lowest BCUT2D eigenvalue weighted by molar-refractivity contribution is 0.102. The average molecular weight is 312 g/mol. The molecule has 3 N–H and O–H groups in total. The summed E-state index contributed by atoms with van der Waals surface area (Å²) in [5, 5.41) is 7.38. The molecule has 8 heteroatoms. The summed E-state index contributed by atoms with van der Waals surface area (Å²) in [6.07, 6.45) is 1.83. The molecule has 1 aromatic carbocycles. The van der Waals surface area contributed by atoms with E-state index in [4.69, 9.17) is 9.56 Å². The van der Waals surface area contributed by atoms with Crippen LogP contribution in [0.25, 0.3) is 0 Å². The Labute approximate surface area is 120 Å². The van der Waals surface area contributed by atoms with Crippen molar-refractivity contribution < 1.29 is 22.0 Å². The molecular formula is C13H13FN2O4S. The summed E-state index contributed by atoms with van der Waals surface area (Å²) in [4.78, 5) is 11.8. The van der Waals surface area contributed by atoms with Gasteiger partial charge in [-0.3, -0.25) is 4.79 Å². The second-order valence-corrected chi connectivity index (χ2v) is 5.78. The largest absolute Gasteiger partial charge is 0.469 e. The van der Waals surface area contributed by atoms with Crippen LogP contribution >= 0.6 is 0 Å². The molecule has 0 fully saturated rings. The van der Waals surface area contributed by atoms with Gasteiger partial charge in [-0.05, 0) is 24.3 Å². The monoisotopic (exact) mass is 312 g/mol. The molecule has 0 radical (unpaired) electrons. The first-order chi connectivity index (χ1) is 9.82. The van der Waals surface area contributed by atoms with Crippen molar-refractivity contribution in [1.29, 1.82) is 0 Å². The zero-order valence-corrected chi connectivity index (χ0v) is 11.9. The minimum atomic E-state index is -4.09. The highest BCUT2D eigenvalue weighted by Gasteiger charge is 2.19. The Bertz CT molecular complexity index is 783. The molecule has 2 aromatic rings. The first kappa shape index (κ1) is 15.2. The number of halogens is 1. The van der Waals surface area contributed by atoms with Crippen LogP contribution in [0.15, 0.2) is 39.8 Å². The number of amides is 1. The van der Waals surface area contributed by atoms with Crippen LogP contribution in [-0.2, 0) is 16.4 Å². The maximum absolute atomic E-state index is 13.3. The number of carbonyl (C=O) groups excluding carboxylic acids is 1. The summed E-state index contributed by atoms with van der Waals surface area (Å²) in [5.41, 5.74) is 0.0351. The molecule has 0 atom stereocenters. The molecule has 1 heterocycles. The number of nitrogens with one attached hydrogen (secondary N) is 1. The molecule has 0 spiro atoms. The van der Waals surface area contributed by atoms with Crippen LogP contribution in [0.3, 0.4) is 0 Å². The van der Waals surface area contributed by atoms with Gasteiger partial charge in [-0.2, -0.15) is 0 Å². The number of hydrogen-bond acceptors (Lipinski definition) is 4. The smallest absolute Gasteiger partial charge is 0.259 e. The molecule has 6 nitrogen and oxygen atoms in total. The van der Waals surface area contributed by atoms with Gasteiger partial charge in [0.1, 0.15) is 16.5 Å². The van der Waals surface area contributed by atoms with Gasteiger partial charge in [0.15, 0.2) is 0 Å².